The molecular formula is C29H40FN2O5+. The molecule has 202 valence electrons. The molecule has 1 saturated carbocycles. The first-order valence-electron chi connectivity index (χ1n) is 13.3. The molecule has 0 aromatic heterocycles. The molecule has 1 fully saturated rings. The van der Waals surface area contributed by atoms with Crippen molar-refractivity contribution >= 4 is 17.7 Å². The maximum absolute atomic E-state index is 13.5. The lowest BCUT2D eigenvalue weighted by Gasteiger charge is -2.30. The van der Waals surface area contributed by atoms with Gasteiger partial charge in [0.25, 0.3) is 0 Å². The van der Waals surface area contributed by atoms with Crippen molar-refractivity contribution in [2.24, 2.45) is 0 Å². The Hall–Kier alpha value is -2.81. The van der Waals surface area contributed by atoms with Crippen molar-refractivity contribution in [2.75, 3.05) is 18.5 Å². The lowest BCUT2D eigenvalue weighted by molar-refractivity contribution is -0.840. The summed E-state index contributed by atoms with van der Waals surface area (Å²) in [4.78, 5) is 25.4. The number of carboxylic acids is 1. The van der Waals surface area contributed by atoms with E-state index in [1.54, 1.807) is 31.2 Å². The first kappa shape index (κ1) is 28.8. The molecule has 1 aliphatic carbocycles. The Morgan fingerprint density at radius 3 is 2.59 bits per heavy atom. The normalized spacial score (nSPS) is 19.2. The van der Waals surface area contributed by atoms with Crippen LogP contribution in [0.1, 0.15) is 73.9 Å². The number of carboxylic acid groups (broad SMARTS) is 1. The van der Waals surface area contributed by atoms with Gasteiger partial charge in [0, 0.05) is 5.69 Å². The minimum atomic E-state index is -0.938. The smallest absolute Gasteiger partial charge is 0.419 e. The summed E-state index contributed by atoms with van der Waals surface area (Å²) in [7, 11) is 0. The van der Waals surface area contributed by atoms with Gasteiger partial charge in [-0.3, -0.25) is 5.32 Å². The van der Waals surface area contributed by atoms with Crippen molar-refractivity contribution < 1.29 is 33.5 Å². The number of carbonyl (C=O) groups is 2. The number of rotatable bonds is 12. The number of amides is 2. The van der Waals surface area contributed by atoms with Crippen LogP contribution >= 0.6 is 0 Å². The Morgan fingerprint density at radius 1 is 1.16 bits per heavy atom. The Balaban J connectivity index is 1.51. The summed E-state index contributed by atoms with van der Waals surface area (Å²) >= 11 is 0. The Morgan fingerprint density at radius 2 is 1.89 bits per heavy atom. The second-order valence-electron chi connectivity index (χ2n) is 9.94. The molecule has 2 amide bonds. The van der Waals surface area contributed by atoms with E-state index in [2.05, 4.69) is 12.2 Å². The van der Waals surface area contributed by atoms with Gasteiger partial charge in [0.2, 0.25) is 0 Å². The monoisotopic (exact) mass is 515 g/mol. The van der Waals surface area contributed by atoms with Gasteiger partial charge < -0.3 is 14.6 Å². The van der Waals surface area contributed by atoms with Crippen LogP contribution in [0.25, 0.3) is 0 Å². The van der Waals surface area contributed by atoms with E-state index in [4.69, 9.17) is 9.47 Å². The van der Waals surface area contributed by atoms with Crippen LogP contribution in [0.15, 0.2) is 42.5 Å². The number of halogens is 1. The van der Waals surface area contributed by atoms with Gasteiger partial charge in [0.1, 0.15) is 12.4 Å². The number of aromatic carboxylic acids is 1. The minimum absolute atomic E-state index is 0.000326. The van der Waals surface area contributed by atoms with Crippen LogP contribution in [-0.4, -0.2) is 48.5 Å². The van der Waals surface area contributed by atoms with E-state index in [1.807, 2.05) is 13.0 Å². The zero-order chi connectivity index (χ0) is 26.8. The zero-order valence-corrected chi connectivity index (χ0v) is 22.1. The van der Waals surface area contributed by atoms with Gasteiger partial charge in [-0.1, -0.05) is 37.6 Å². The summed E-state index contributed by atoms with van der Waals surface area (Å²) in [5, 5.41) is 12.4. The number of quaternary nitrogens is 1. The quantitative estimate of drug-likeness (QED) is 0.371. The summed E-state index contributed by atoms with van der Waals surface area (Å²) in [6.45, 7) is 7.13. The maximum atomic E-state index is 13.5. The molecule has 0 saturated heterocycles. The van der Waals surface area contributed by atoms with Gasteiger partial charge in [-0.2, -0.15) is 0 Å². The molecule has 3 rings (SSSR count). The van der Waals surface area contributed by atoms with Crippen molar-refractivity contribution in [1.82, 2.24) is 0 Å². The molecule has 0 aliphatic heterocycles. The third-order valence-electron chi connectivity index (χ3n) is 7.04. The zero-order valence-electron chi connectivity index (χ0n) is 22.1. The highest BCUT2D eigenvalue weighted by Crippen LogP contribution is 2.25. The standard InChI is InChI=1S/C29H39FN2O5/c1-4-8-21(3)32(29(35)31-24-12-6-11-23(30)17-24)15-16-36-25-13-7-14-26(18-25)37-19-22-10-5-9-20(2)27(22)28(33)34/h5-6,9-12,17,21,25-26H,4,7-8,13-16,18-19H2,1-3H3,(H,31,35)(H,33,34)/p+1. The van der Waals surface area contributed by atoms with Crippen molar-refractivity contribution in [3.8, 4) is 0 Å². The topological polar surface area (TPSA) is 89.3 Å². The highest BCUT2D eigenvalue weighted by Gasteiger charge is 2.28. The van der Waals surface area contributed by atoms with Gasteiger partial charge in [-0.05, 0) is 75.3 Å². The molecule has 0 spiro atoms. The molecule has 4 atom stereocenters. The summed E-state index contributed by atoms with van der Waals surface area (Å²) in [6.07, 6.45) is 5.44. The molecule has 8 heteroatoms. The number of hydrogen-bond donors (Lipinski definition) is 3. The largest absolute Gasteiger partial charge is 0.478 e. The Kier molecular flexibility index (Phi) is 11.0. The molecule has 2 aromatic carbocycles. The first-order chi connectivity index (χ1) is 17.8. The molecule has 2 aromatic rings. The van der Waals surface area contributed by atoms with Crippen LogP contribution in [-0.2, 0) is 16.1 Å². The summed E-state index contributed by atoms with van der Waals surface area (Å²) in [5.74, 6) is -1.33. The molecule has 0 heterocycles. The molecule has 4 unspecified atom stereocenters. The van der Waals surface area contributed by atoms with Crippen molar-refractivity contribution in [3.05, 3.63) is 65.0 Å². The van der Waals surface area contributed by atoms with E-state index in [-0.39, 0.29) is 36.7 Å². The molecule has 3 N–H and O–H groups in total. The second kappa shape index (κ2) is 14.2. The predicted molar refractivity (Wildman–Crippen MR) is 141 cm³/mol. The van der Waals surface area contributed by atoms with Gasteiger partial charge in [0.05, 0.1) is 37.0 Å². The third-order valence-corrected chi connectivity index (χ3v) is 7.04. The number of ether oxygens (including phenoxy) is 2. The fraction of sp³-hybridized carbons (Fsp3) is 0.517. The molecule has 0 radical (unpaired) electrons. The SMILES string of the molecule is CCCC(C)[NH+](CCOC1CCCC(OCc2cccc(C)c2C(=O)O)C1)C(=O)Nc1cccc(F)c1. The minimum Gasteiger partial charge on any atom is -0.478 e. The highest BCUT2D eigenvalue weighted by molar-refractivity contribution is 5.91. The van der Waals surface area contributed by atoms with Crippen molar-refractivity contribution in [1.29, 1.82) is 0 Å². The van der Waals surface area contributed by atoms with Crippen LogP contribution in [0.4, 0.5) is 14.9 Å². The predicted octanol–water partition coefficient (Wildman–Crippen LogP) is 4.98. The number of benzene rings is 2. The number of aryl methyl sites for hydroxylation is 1. The number of urea groups is 1. The lowest BCUT2D eigenvalue weighted by atomic mass is 9.94. The third kappa shape index (κ3) is 8.62. The summed E-state index contributed by atoms with van der Waals surface area (Å²) in [6, 6.07) is 11.3. The lowest BCUT2D eigenvalue weighted by Crippen LogP contribution is -3.19. The number of nitrogens with one attached hydrogen (secondary N) is 2. The second-order valence-corrected chi connectivity index (χ2v) is 9.94. The van der Waals surface area contributed by atoms with E-state index >= 15 is 0 Å². The Bertz CT molecular complexity index is 1050. The fourth-order valence-corrected chi connectivity index (χ4v) is 5.07. The molecule has 1 aliphatic rings. The fourth-order valence-electron chi connectivity index (χ4n) is 5.07. The van der Waals surface area contributed by atoms with Crippen LogP contribution in [0.5, 0.6) is 0 Å². The molecule has 37 heavy (non-hydrogen) atoms. The number of hydrogen-bond acceptors (Lipinski definition) is 4. The van der Waals surface area contributed by atoms with Gasteiger partial charge >= 0.3 is 12.0 Å². The summed E-state index contributed by atoms with van der Waals surface area (Å²) in [5.41, 5.74) is 2.17. The van der Waals surface area contributed by atoms with Gasteiger partial charge in [0.15, 0.2) is 0 Å². The van der Waals surface area contributed by atoms with E-state index in [1.165, 1.54) is 12.1 Å². The van der Waals surface area contributed by atoms with Crippen LogP contribution < -0.4 is 10.2 Å². The van der Waals surface area contributed by atoms with E-state index in [9.17, 15) is 19.1 Å². The van der Waals surface area contributed by atoms with Crippen LogP contribution in [0.2, 0.25) is 0 Å². The molecule has 7 nitrogen and oxygen atoms in total. The van der Waals surface area contributed by atoms with E-state index in [0.29, 0.717) is 30.0 Å². The van der Waals surface area contributed by atoms with E-state index < -0.39 is 5.97 Å². The Labute approximate surface area is 219 Å². The maximum Gasteiger partial charge on any atom is 0.419 e. The first-order valence-corrected chi connectivity index (χ1v) is 13.3. The van der Waals surface area contributed by atoms with Crippen LogP contribution in [0, 0.1) is 12.7 Å². The average Bonchev–Trinajstić information content (AvgIpc) is 2.85. The summed E-state index contributed by atoms with van der Waals surface area (Å²) < 4.78 is 25.9. The average molecular weight is 516 g/mol. The molecular weight excluding hydrogens is 475 g/mol. The molecule has 0 bridgehead atoms. The van der Waals surface area contributed by atoms with Gasteiger partial charge in [-0.25, -0.2) is 18.9 Å². The van der Waals surface area contributed by atoms with Crippen LogP contribution in [0.3, 0.4) is 0 Å². The van der Waals surface area contributed by atoms with Gasteiger partial charge in [-0.15, -0.1) is 0 Å². The van der Waals surface area contributed by atoms with Crippen molar-refractivity contribution in [3.63, 3.8) is 0 Å². The van der Waals surface area contributed by atoms with E-state index in [0.717, 1.165) is 49.0 Å². The number of anilines is 1. The number of carbonyl (C=O) groups excluding carboxylic acids is 1. The highest BCUT2D eigenvalue weighted by atomic mass is 19.1. The van der Waals surface area contributed by atoms with Crippen molar-refractivity contribution in [2.45, 2.75) is 84.2 Å².